The molecular formula is C44H34N2. The molecule has 2 heterocycles. The van der Waals surface area contributed by atoms with Gasteiger partial charge in [-0.3, -0.25) is 0 Å². The Morgan fingerprint density at radius 1 is 0.500 bits per heavy atom. The molecule has 1 aromatic heterocycles. The molecular weight excluding hydrogens is 556 g/mol. The van der Waals surface area contributed by atoms with Crippen molar-refractivity contribution < 1.29 is 0 Å². The van der Waals surface area contributed by atoms with Crippen LogP contribution in [-0.4, -0.2) is 4.57 Å². The first-order valence-corrected chi connectivity index (χ1v) is 16.1. The second-order valence-electron chi connectivity index (χ2n) is 13.2. The first-order chi connectivity index (χ1) is 22.5. The maximum atomic E-state index is 2.49. The zero-order chi connectivity index (χ0) is 31.0. The topological polar surface area (TPSA) is 8.17 Å². The maximum absolute atomic E-state index is 2.49. The summed E-state index contributed by atoms with van der Waals surface area (Å²) in [7, 11) is 0. The van der Waals surface area contributed by atoms with Crippen LogP contribution in [0.25, 0.3) is 49.4 Å². The van der Waals surface area contributed by atoms with Crippen molar-refractivity contribution in [3.8, 4) is 16.8 Å². The van der Waals surface area contributed by atoms with Gasteiger partial charge in [0.15, 0.2) is 0 Å². The molecule has 0 saturated heterocycles. The quantitative estimate of drug-likeness (QED) is 0.198. The number of benzene rings is 7. The number of aromatic nitrogens is 1. The van der Waals surface area contributed by atoms with Crippen molar-refractivity contribution in [3.05, 3.63) is 168 Å². The van der Waals surface area contributed by atoms with E-state index >= 15 is 0 Å². The van der Waals surface area contributed by atoms with Gasteiger partial charge < -0.3 is 9.47 Å². The normalized spacial score (nSPS) is 13.3. The first kappa shape index (κ1) is 26.8. The molecule has 9 rings (SSSR count). The number of aryl methyl sites for hydroxylation is 1. The third-order valence-corrected chi connectivity index (χ3v) is 10.0. The molecule has 220 valence electrons. The number of nitrogens with zero attached hydrogens (tertiary/aromatic N) is 2. The highest BCUT2D eigenvalue weighted by Gasteiger charge is 2.34. The molecule has 1 aliphatic rings. The van der Waals surface area contributed by atoms with E-state index in [0.717, 1.165) is 17.1 Å². The average Bonchev–Trinajstić information content (AvgIpc) is 3.43. The zero-order valence-electron chi connectivity index (χ0n) is 26.3. The molecule has 2 nitrogen and oxygen atoms in total. The largest absolute Gasteiger partial charge is 0.310 e. The van der Waals surface area contributed by atoms with Gasteiger partial charge in [-0.25, -0.2) is 0 Å². The van der Waals surface area contributed by atoms with Crippen LogP contribution in [0.15, 0.2) is 152 Å². The van der Waals surface area contributed by atoms with Crippen LogP contribution in [0, 0.1) is 6.92 Å². The van der Waals surface area contributed by atoms with E-state index in [2.05, 4.69) is 182 Å². The summed E-state index contributed by atoms with van der Waals surface area (Å²) in [4.78, 5) is 2.38. The Morgan fingerprint density at radius 2 is 1.15 bits per heavy atom. The molecule has 0 spiro atoms. The van der Waals surface area contributed by atoms with Crippen LogP contribution in [-0.2, 0) is 5.41 Å². The molecule has 0 aliphatic carbocycles. The van der Waals surface area contributed by atoms with E-state index in [9.17, 15) is 0 Å². The van der Waals surface area contributed by atoms with E-state index in [1.165, 1.54) is 66.1 Å². The van der Waals surface area contributed by atoms with Crippen LogP contribution in [0.1, 0.15) is 30.5 Å². The molecule has 0 atom stereocenters. The van der Waals surface area contributed by atoms with Gasteiger partial charge in [0, 0.05) is 33.2 Å². The van der Waals surface area contributed by atoms with Gasteiger partial charge in [0.1, 0.15) is 0 Å². The molecule has 0 N–H and O–H groups in total. The molecule has 0 unspecified atom stereocenters. The van der Waals surface area contributed by atoms with E-state index in [1.54, 1.807) is 0 Å². The predicted octanol–water partition coefficient (Wildman–Crippen LogP) is 12.0. The Kier molecular flexibility index (Phi) is 5.79. The fourth-order valence-corrected chi connectivity index (χ4v) is 7.61. The second kappa shape index (κ2) is 9.95. The van der Waals surface area contributed by atoms with Crippen LogP contribution in [0.2, 0.25) is 0 Å². The molecule has 0 bridgehead atoms. The second-order valence-corrected chi connectivity index (χ2v) is 13.2. The Morgan fingerprint density at radius 3 is 1.96 bits per heavy atom. The minimum Gasteiger partial charge on any atom is -0.310 e. The summed E-state index contributed by atoms with van der Waals surface area (Å²) < 4.78 is 2.49. The van der Waals surface area contributed by atoms with Crippen LogP contribution >= 0.6 is 0 Å². The van der Waals surface area contributed by atoms with Crippen molar-refractivity contribution in [2.24, 2.45) is 0 Å². The Bertz CT molecular complexity index is 2440. The Hall–Kier alpha value is -5.60. The van der Waals surface area contributed by atoms with Crippen LogP contribution in [0.5, 0.6) is 0 Å². The van der Waals surface area contributed by atoms with E-state index in [4.69, 9.17) is 0 Å². The number of fused-ring (bicyclic) bond motifs is 6. The maximum Gasteiger partial charge on any atom is 0.0582 e. The lowest BCUT2D eigenvalue weighted by Gasteiger charge is -2.34. The molecule has 1 aliphatic heterocycles. The lowest BCUT2D eigenvalue weighted by atomic mass is 9.75. The first-order valence-electron chi connectivity index (χ1n) is 16.1. The number of hydrogen-bond acceptors (Lipinski definition) is 1. The summed E-state index contributed by atoms with van der Waals surface area (Å²) in [5, 5.41) is 5.09. The molecule has 0 fully saturated rings. The summed E-state index contributed by atoms with van der Waals surface area (Å²) in [6.45, 7) is 6.85. The summed E-state index contributed by atoms with van der Waals surface area (Å²) in [6.07, 6.45) is 0. The van der Waals surface area contributed by atoms with Crippen molar-refractivity contribution in [1.29, 1.82) is 0 Å². The smallest absolute Gasteiger partial charge is 0.0582 e. The van der Waals surface area contributed by atoms with Gasteiger partial charge in [-0.15, -0.1) is 0 Å². The predicted molar refractivity (Wildman–Crippen MR) is 195 cm³/mol. The zero-order valence-corrected chi connectivity index (χ0v) is 26.3. The summed E-state index contributed by atoms with van der Waals surface area (Å²) >= 11 is 0. The fraction of sp³-hybridized carbons (Fsp3) is 0.0909. The summed E-state index contributed by atoms with van der Waals surface area (Å²) in [5.41, 5.74) is 13.6. The standard InChI is InChI=1S/C44H34N2/c1-29-15-21-34(22-16-29)45(35-23-19-31(20-24-35)33-18-17-30-9-4-5-10-32(30)27-33)36-25-26-41-38(28-36)37-11-8-13-40-43(37)46(41)42-14-7-6-12-39(42)44(40,2)3/h4-28H,1-3H3. The van der Waals surface area contributed by atoms with Crippen molar-refractivity contribution in [1.82, 2.24) is 4.57 Å². The van der Waals surface area contributed by atoms with E-state index in [0.29, 0.717) is 0 Å². The van der Waals surface area contributed by atoms with Gasteiger partial charge in [0.05, 0.1) is 16.7 Å². The third kappa shape index (κ3) is 3.96. The minimum absolute atomic E-state index is 0.0793. The molecule has 0 radical (unpaired) electrons. The van der Waals surface area contributed by atoms with Crippen LogP contribution < -0.4 is 4.90 Å². The molecule has 46 heavy (non-hydrogen) atoms. The molecule has 8 aromatic rings. The highest BCUT2D eigenvalue weighted by Crippen LogP contribution is 2.48. The van der Waals surface area contributed by atoms with Crippen molar-refractivity contribution >= 4 is 49.6 Å². The fourth-order valence-electron chi connectivity index (χ4n) is 7.61. The molecule has 2 heteroatoms. The van der Waals surface area contributed by atoms with Crippen molar-refractivity contribution in [2.75, 3.05) is 4.90 Å². The van der Waals surface area contributed by atoms with Crippen molar-refractivity contribution in [2.45, 2.75) is 26.2 Å². The molecule has 0 amide bonds. The van der Waals surface area contributed by atoms with E-state index in [1.807, 2.05) is 0 Å². The Labute approximate surface area is 269 Å². The SMILES string of the molecule is Cc1ccc(N(c2ccc(-c3ccc4ccccc4c3)cc2)c2ccc3c(c2)c2cccc4c2n3-c2ccccc2C4(C)C)cc1. The van der Waals surface area contributed by atoms with Crippen LogP contribution in [0.4, 0.5) is 17.1 Å². The highest BCUT2D eigenvalue weighted by molar-refractivity contribution is 6.12. The summed E-state index contributed by atoms with van der Waals surface area (Å²) in [6, 6.07) is 55.8. The number of rotatable bonds is 4. The van der Waals surface area contributed by atoms with Crippen molar-refractivity contribution in [3.63, 3.8) is 0 Å². The van der Waals surface area contributed by atoms with Gasteiger partial charge in [0.25, 0.3) is 0 Å². The lowest BCUT2D eigenvalue weighted by Crippen LogP contribution is -2.26. The number of para-hydroxylation sites is 2. The van der Waals surface area contributed by atoms with Gasteiger partial charge in [-0.1, -0.05) is 116 Å². The third-order valence-electron chi connectivity index (χ3n) is 10.0. The van der Waals surface area contributed by atoms with E-state index < -0.39 is 0 Å². The van der Waals surface area contributed by atoms with Gasteiger partial charge in [-0.2, -0.15) is 0 Å². The van der Waals surface area contributed by atoms with Gasteiger partial charge in [0.2, 0.25) is 0 Å². The van der Waals surface area contributed by atoms with Gasteiger partial charge in [-0.05, 0) is 94.5 Å². The van der Waals surface area contributed by atoms with E-state index in [-0.39, 0.29) is 5.41 Å². The lowest BCUT2D eigenvalue weighted by molar-refractivity contribution is 0.630. The number of hydrogen-bond donors (Lipinski definition) is 0. The molecule has 7 aromatic carbocycles. The average molecular weight is 591 g/mol. The highest BCUT2D eigenvalue weighted by atomic mass is 15.1. The van der Waals surface area contributed by atoms with Crippen LogP contribution in [0.3, 0.4) is 0 Å². The monoisotopic (exact) mass is 590 g/mol. The Balaban J connectivity index is 1.22. The minimum atomic E-state index is -0.0793. The summed E-state index contributed by atoms with van der Waals surface area (Å²) in [5.74, 6) is 0. The van der Waals surface area contributed by atoms with Gasteiger partial charge >= 0.3 is 0 Å². The molecule has 0 saturated carbocycles. The number of anilines is 3.